The maximum absolute atomic E-state index is 7.00. The average Bonchev–Trinajstić information content (AvgIpc) is 3.35. The summed E-state index contributed by atoms with van der Waals surface area (Å²) in [5.74, 6) is 0. The summed E-state index contributed by atoms with van der Waals surface area (Å²) in [6.45, 7) is 0.993. The molecule has 0 radical (unpaired) electrons. The monoisotopic (exact) mass is 552 g/mol. The van der Waals surface area contributed by atoms with Crippen LogP contribution >= 0.6 is 0 Å². The zero-order valence-corrected chi connectivity index (χ0v) is 24.0. The van der Waals surface area contributed by atoms with Crippen LogP contribution in [0.15, 0.2) is 115 Å². The van der Waals surface area contributed by atoms with Gasteiger partial charge in [0.25, 0.3) is 0 Å². The predicted molar refractivity (Wildman–Crippen MR) is 141 cm³/mol. The molecule has 0 bridgehead atoms. The molecule has 1 N–H and O–H groups in total. The summed E-state index contributed by atoms with van der Waals surface area (Å²) < 4.78 is 0. The Morgan fingerprint density at radius 1 is 0.750 bits per heavy atom. The fourth-order valence-electron chi connectivity index (χ4n) is 3.30. The van der Waals surface area contributed by atoms with E-state index in [0.29, 0.717) is 0 Å². The molecule has 0 atom stereocenters. The van der Waals surface area contributed by atoms with Crippen LogP contribution in [-0.4, -0.2) is 37.8 Å². The van der Waals surface area contributed by atoms with Crippen molar-refractivity contribution in [2.24, 2.45) is 0 Å². The van der Waals surface area contributed by atoms with Gasteiger partial charge in [-0.1, -0.05) is 46.9 Å². The standard InChI is InChI=1S/C18H18N.2C6H5.CH4O.2ClH.Ti/c1-19(2)13-17-8-5-9-18(17)16-11-10-14-6-3-4-7-15(14)12-16;2*1-2-4-6-5-3-1;1-2;;;/h3-8,10-11H,9,13H2,1-2H3;2*1-5H;2H,1H3;2*1H;/q3*-1;;;;+2/p-2. The molecule has 0 aliphatic heterocycles. The molecule has 188 valence electrons. The zero-order valence-electron chi connectivity index (χ0n) is 21.0. The molecule has 36 heavy (non-hydrogen) atoms. The molecule has 0 spiro atoms. The number of likely N-dealkylation sites (N-methyl/N-ethyl adjacent to an activating group) is 1. The average molecular weight is 553 g/mol. The topological polar surface area (TPSA) is 23.5 Å². The number of benzene rings is 4. The van der Waals surface area contributed by atoms with Crippen LogP contribution in [0.2, 0.25) is 0 Å². The van der Waals surface area contributed by atoms with E-state index in [1.165, 1.54) is 27.5 Å². The molecule has 5 rings (SSSR count). The third kappa shape index (κ3) is 13.2. The van der Waals surface area contributed by atoms with E-state index >= 15 is 0 Å². The Morgan fingerprint density at radius 2 is 1.31 bits per heavy atom. The van der Waals surface area contributed by atoms with E-state index in [0.717, 1.165) is 20.1 Å². The molecule has 1 aliphatic rings. The first-order valence-corrected chi connectivity index (χ1v) is 11.0. The van der Waals surface area contributed by atoms with Gasteiger partial charge in [0.05, 0.1) is 0 Å². The van der Waals surface area contributed by atoms with E-state index in [1.54, 1.807) is 0 Å². The molecule has 0 amide bonds. The van der Waals surface area contributed by atoms with Crippen LogP contribution < -0.4 is 24.8 Å². The zero-order chi connectivity index (χ0) is 23.7. The van der Waals surface area contributed by atoms with Crippen molar-refractivity contribution >= 4 is 16.3 Å². The minimum Gasteiger partial charge on any atom is -1.00 e. The Morgan fingerprint density at radius 3 is 1.78 bits per heavy atom. The number of rotatable bonds is 3. The van der Waals surface area contributed by atoms with Crippen molar-refractivity contribution in [1.29, 1.82) is 0 Å². The summed E-state index contributed by atoms with van der Waals surface area (Å²) in [5.41, 5.74) is 4.07. The Labute approximate surface area is 244 Å². The van der Waals surface area contributed by atoms with E-state index in [2.05, 4.69) is 85.7 Å². The fourth-order valence-corrected chi connectivity index (χ4v) is 3.30. The number of halogens is 2. The largest absolute Gasteiger partial charge is 2.00 e. The molecule has 1 aliphatic carbocycles. The van der Waals surface area contributed by atoms with E-state index in [4.69, 9.17) is 5.11 Å². The van der Waals surface area contributed by atoms with Crippen LogP contribution in [-0.2, 0) is 21.7 Å². The summed E-state index contributed by atoms with van der Waals surface area (Å²) in [6, 6.07) is 41.4. The number of aliphatic hydroxyl groups is 1. The summed E-state index contributed by atoms with van der Waals surface area (Å²) in [6.07, 6.45) is 5.52. The van der Waals surface area contributed by atoms with Gasteiger partial charge in [0.15, 0.2) is 0 Å². The van der Waals surface area contributed by atoms with E-state index in [9.17, 15) is 0 Å². The molecule has 0 unspecified atom stereocenters. The van der Waals surface area contributed by atoms with Gasteiger partial charge in [0.2, 0.25) is 0 Å². The van der Waals surface area contributed by atoms with Crippen LogP contribution in [0.25, 0.3) is 16.3 Å². The van der Waals surface area contributed by atoms with Crippen molar-refractivity contribution < 1.29 is 51.6 Å². The molecule has 0 saturated carbocycles. The van der Waals surface area contributed by atoms with E-state index < -0.39 is 0 Å². The van der Waals surface area contributed by atoms with E-state index in [1.807, 2.05) is 60.7 Å². The molecule has 0 saturated heterocycles. The first-order valence-electron chi connectivity index (χ1n) is 11.0. The Hall–Kier alpha value is -2.17. The van der Waals surface area contributed by atoms with Crippen molar-refractivity contribution in [3.8, 4) is 0 Å². The summed E-state index contributed by atoms with van der Waals surface area (Å²) >= 11 is 0. The van der Waals surface area contributed by atoms with Crippen molar-refractivity contribution in [2.45, 2.75) is 6.42 Å². The molecule has 4 aromatic rings. The number of fused-ring (bicyclic) bond motifs is 1. The third-order valence-corrected chi connectivity index (χ3v) is 4.71. The summed E-state index contributed by atoms with van der Waals surface area (Å²) in [7, 11) is 5.22. The smallest absolute Gasteiger partial charge is 1.00 e. The van der Waals surface area contributed by atoms with Gasteiger partial charge in [-0.3, -0.25) is 0 Å². The first kappa shape index (κ1) is 36.0. The quantitative estimate of drug-likeness (QED) is 0.296. The Balaban J connectivity index is 0. The normalized spacial score (nSPS) is 10.7. The van der Waals surface area contributed by atoms with Gasteiger partial charge in [-0.2, -0.15) is 72.8 Å². The summed E-state index contributed by atoms with van der Waals surface area (Å²) in [4.78, 5) is 2.21. The number of hydrogen-bond donors (Lipinski definition) is 1. The van der Waals surface area contributed by atoms with Gasteiger partial charge in [-0.25, -0.2) is 0 Å². The van der Waals surface area contributed by atoms with Crippen molar-refractivity contribution in [3.63, 3.8) is 0 Å². The van der Waals surface area contributed by atoms with Crippen molar-refractivity contribution in [3.05, 3.63) is 139 Å². The van der Waals surface area contributed by atoms with Crippen LogP contribution in [0, 0.1) is 18.2 Å². The molecule has 0 fully saturated rings. The molecule has 5 heteroatoms. The molecule has 0 heterocycles. The number of nitrogens with zero attached hydrogens (tertiary/aromatic N) is 1. The first-order chi connectivity index (χ1) is 16.2. The number of hydrogen-bond acceptors (Lipinski definition) is 2. The van der Waals surface area contributed by atoms with Gasteiger partial charge < -0.3 is 34.8 Å². The molecular formula is C31H32Cl2NOTi-3. The summed E-state index contributed by atoms with van der Waals surface area (Å²) in [5, 5.41) is 9.45. The van der Waals surface area contributed by atoms with Crippen LogP contribution in [0.4, 0.5) is 0 Å². The maximum Gasteiger partial charge on any atom is 2.00 e. The Kier molecular flexibility index (Phi) is 22.1. The van der Waals surface area contributed by atoms with Gasteiger partial charge in [0, 0.05) is 13.7 Å². The second kappa shape index (κ2) is 22.1. The predicted octanol–water partition coefficient (Wildman–Crippen LogP) is 0.503. The number of aliphatic hydroxyl groups excluding tert-OH is 1. The fraction of sp³-hybridized carbons (Fsp3) is 0.161. The molecule has 2 nitrogen and oxygen atoms in total. The van der Waals surface area contributed by atoms with Crippen LogP contribution in [0.1, 0.15) is 12.0 Å². The van der Waals surface area contributed by atoms with Gasteiger partial charge in [0.1, 0.15) is 0 Å². The molecule has 4 aromatic carbocycles. The second-order valence-corrected chi connectivity index (χ2v) is 7.46. The molecule has 0 aromatic heterocycles. The van der Waals surface area contributed by atoms with Gasteiger partial charge in [-0.05, 0) is 20.5 Å². The van der Waals surface area contributed by atoms with Crippen LogP contribution in [0.5, 0.6) is 0 Å². The van der Waals surface area contributed by atoms with Gasteiger partial charge in [-0.15, -0.1) is 35.2 Å². The second-order valence-electron chi connectivity index (χ2n) is 7.46. The minimum absolute atomic E-state index is 0. The SMILES string of the molecule is CN(C)CC1=C(c2[c-]c3ccccc3cc2)CC=C1.CO.[Cl-].[Cl-].[Ti+2].[c-]1ccccc1.[c-]1ccccc1. The molecular weight excluding hydrogens is 521 g/mol. The van der Waals surface area contributed by atoms with Gasteiger partial charge >= 0.3 is 21.7 Å². The van der Waals surface area contributed by atoms with Crippen LogP contribution in [0.3, 0.4) is 0 Å². The number of allylic oxidation sites excluding steroid dienone is 2. The van der Waals surface area contributed by atoms with Crippen molar-refractivity contribution in [2.75, 3.05) is 27.7 Å². The minimum atomic E-state index is 0. The third-order valence-electron chi connectivity index (χ3n) is 4.71. The maximum atomic E-state index is 7.00. The van der Waals surface area contributed by atoms with Crippen molar-refractivity contribution in [1.82, 2.24) is 4.90 Å². The Bertz CT molecular complexity index is 1030. The van der Waals surface area contributed by atoms with E-state index in [-0.39, 0.29) is 46.5 Å².